The van der Waals surface area contributed by atoms with E-state index in [-0.39, 0.29) is 5.91 Å². The number of hydrogen-bond donors (Lipinski definition) is 0. The number of anilines is 1. The molecule has 0 radical (unpaired) electrons. The van der Waals surface area contributed by atoms with Crippen molar-refractivity contribution >= 4 is 38.3 Å². The molecule has 1 amide bonds. The van der Waals surface area contributed by atoms with E-state index in [4.69, 9.17) is 14.2 Å². The molecule has 0 unspecified atom stereocenters. The van der Waals surface area contributed by atoms with Crippen LogP contribution in [0.25, 0.3) is 10.8 Å². The second-order valence-corrected chi connectivity index (χ2v) is 7.20. The molecule has 146 valence electrons. The van der Waals surface area contributed by atoms with Crippen LogP contribution in [-0.2, 0) is 0 Å². The predicted molar refractivity (Wildman–Crippen MR) is 115 cm³/mol. The third kappa shape index (κ3) is 3.40. The number of rotatable bonds is 5. The average molecular weight is 444 g/mol. The second-order valence-electron chi connectivity index (χ2n) is 6.34. The van der Waals surface area contributed by atoms with Gasteiger partial charge in [0.15, 0.2) is 11.5 Å². The predicted octanol–water partition coefficient (Wildman–Crippen LogP) is 5.21. The van der Waals surface area contributed by atoms with Gasteiger partial charge in [-0.15, -0.1) is 0 Å². The monoisotopic (exact) mass is 443 g/mol. The number of nitrogens with zero attached hydrogens (tertiary/aromatic N) is 1. The first-order valence-corrected chi connectivity index (χ1v) is 9.48. The number of aryl methyl sites for hydroxylation is 1. The largest absolute Gasteiger partial charge is 0.496 e. The van der Waals surface area contributed by atoms with Crippen LogP contribution in [0.3, 0.4) is 0 Å². The van der Waals surface area contributed by atoms with Gasteiger partial charge in [-0.1, -0.05) is 18.2 Å². The van der Waals surface area contributed by atoms with Crippen LogP contribution in [0.4, 0.5) is 5.69 Å². The fraction of sp³-hybridized carbons (Fsp3) is 0.227. The van der Waals surface area contributed by atoms with E-state index in [2.05, 4.69) is 15.9 Å². The number of fused-ring (bicyclic) bond motifs is 1. The summed E-state index contributed by atoms with van der Waals surface area (Å²) in [5.41, 5.74) is 2.15. The molecule has 5 nitrogen and oxygen atoms in total. The van der Waals surface area contributed by atoms with E-state index in [0.29, 0.717) is 27.3 Å². The Kier molecular flexibility index (Phi) is 5.79. The lowest BCUT2D eigenvalue weighted by Gasteiger charge is -2.22. The summed E-state index contributed by atoms with van der Waals surface area (Å²) in [7, 11) is 6.52. The molecular formula is C22H22BrNO4. The maximum absolute atomic E-state index is 13.4. The molecule has 0 saturated carbocycles. The molecule has 28 heavy (non-hydrogen) atoms. The lowest BCUT2D eigenvalue weighted by molar-refractivity contribution is 0.0989. The van der Waals surface area contributed by atoms with Gasteiger partial charge in [-0.05, 0) is 58.1 Å². The van der Waals surface area contributed by atoms with E-state index in [1.54, 1.807) is 33.3 Å². The molecule has 0 saturated heterocycles. The van der Waals surface area contributed by atoms with Gasteiger partial charge < -0.3 is 19.1 Å². The first-order valence-electron chi connectivity index (χ1n) is 8.68. The summed E-state index contributed by atoms with van der Waals surface area (Å²) in [4.78, 5) is 15.0. The van der Waals surface area contributed by atoms with Gasteiger partial charge in [-0.3, -0.25) is 4.79 Å². The third-order valence-corrected chi connectivity index (χ3v) is 5.41. The van der Waals surface area contributed by atoms with Crippen LogP contribution in [0.5, 0.6) is 17.2 Å². The van der Waals surface area contributed by atoms with Crippen molar-refractivity contribution < 1.29 is 19.0 Å². The molecule has 0 heterocycles. The van der Waals surface area contributed by atoms with Gasteiger partial charge in [0.25, 0.3) is 5.91 Å². The van der Waals surface area contributed by atoms with E-state index < -0.39 is 0 Å². The number of amides is 1. The molecule has 0 aromatic heterocycles. The number of methoxy groups -OCH3 is 3. The average Bonchev–Trinajstić information content (AvgIpc) is 2.72. The molecule has 0 bridgehead atoms. The summed E-state index contributed by atoms with van der Waals surface area (Å²) in [5, 5.41) is 1.84. The first kappa shape index (κ1) is 20.0. The summed E-state index contributed by atoms with van der Waals surface area (Å²) >= 11 is 3.49. The van der Waals surface area contributed by atoms with E-state index >= 15 is 0 Å². The van der Waals surface area contributed by atoms with E-state index in [1.165, 1.54) is 0 Å². The van der Waals surface area contributed by atoms with Crippen LogP contribution in [-0.4, -0.2) is 34.3 Å². The van der Waals surface area contributed by atoms with Crippen LogP contribution in [0.2, 0.25) is 0 Å². The number of hydrogen-bond acceptors (Lipinski definition) is 4. The van der Waals surface area contributed by atoms with Gasteiger partial charge in [0.05, 0.1) is 32.6 Å². The lowest BCUT2D eigenvalue weighted by Crippen LogP contribution is -2.27. The number of carbonyl (C=O) groups excluding carboxylic acids is 1. The minimum Gasteiger partial charge on any atom is -0.496 e. The van der Waals surface area contributed by atoms with Crippen molar-refractivity contribution in [2.75, 3.05) is 33.3 Å². The Morgan fingerprint density at radius 1 is 0.964 bits per heavy atom. The molecule has 0 fully saturated rings. The van der Waals surface area contributed by atoms with Crippen molar-refractivity contribution in [3.8, 4) is 17.2 Å². The topological polar surface area (TPSA) is 48.0 Å². The molecule has 3 aromatic carbocycles. The number of halogens is 1. The van der Waals surface area contributed by atoms with Crippen molar-refractivity contribution in [3.63, 3.8) is 0 Å². The summed E-state index contributed by atoms with van der Waals surface area (Å²) in [6.07, 6.45) is 0. The van der Waals surface area contributed by atoms with Crippen LogP contribution < -0.4 is 19.1 Å². The second kappa shape index (κ2) is 8.10. The summed E-state index contributed by atoms with van der Waals surface area (Å²) in [6, 6.07) is 13.3. The van der Waals surface area contributed by atoms with Crippen molar-refractivity contribution in [2.24, 2.45) is 0 Å². The molecule has 3 rings (SSSR count). The Morgan fingerprint density at radius 2 is 1.64 bits per heavy atom. The van der Waals surface area contributed by atoms with Crippen molar-refractivity contribution in [3.05, 3.63) is 58.1 Å². The molecule has 6 heteroatoms. The Hall–Kier alpha value is -2.73. The quantitative estimate of drug-likeness (QED) is 0.542. The zero-order chi connectivity index (χ0) is 20.4. The van der Waals surface area contributed by atoms with Crippen LogP contribution >= 0.6 is 15.9 Å². The number of ether oxygens (including phenoxy) is 3. The highest BCUT2D eigenvalue weighted by Crippen LogP contribution is 2.38. The molecule has 0 spiro atoms. The van der Waals surface area contributed by atoms with Crippen molar-refractivity contribution in [1.29, 1.82) is 0 Å². The summed E-state index contributed by atoms with van der Waals surface area (Å²) in [6.45, 7) is 1.91. The van der Waals surface area contributed by atoms with Gasteiger partial charge in [-0.25, -0.2) is 0 Å². The van der Waals surface area contributed by atoms with E-state index in [0.717, 1.165) is 22.0 Å². The molecule has 0 aliphatic carbocycles. The van der Waals surface area contributed by atoms with Gasteiger partial charge in [0.1, 0.15) is 5.75 Å². The zero-order valence-corrected chi connectivity index (χ0v) is 18.1. The Bertz CT molecular complexity index is 1050. The first-order chi connectivity index (χ1) is 13.4. The highest BCUT2D eigenvalue weighted by Gasteiger charge is 2.24. The Labute approximate surface area is 172 Å². The van der Waals surface area contributed by atoms with E-state index in [9.17, 15) is 4.79 Å². The summed E-state index contributed by atoms with van der Waals surface area (Å²) < 4.78 is 17.0. The smallest absolute Gasteiger partial charge is 0.262 e. The normalized spacial score (nSPS) is 10.6. The van der Waals surface area contributed by atoms with Crippen LogP contribution in [0.15, 0.2) is 46.9 Å². The number of benzene rings is 3. The van der Waals surface area contributed by atoms with Gasteiger partial charge in [0, 0.05) is 16.9 Å². The molecule has 3 aromatic rings. The number of carbonyl (C=O) groups is 1. The highest BCUT2D eigenvalue weighted by atomic mass is 79.9. The molecular weight excluding hydrogens is 422 g/mol. The van der Waals surface area contributed by atoms with Crippen molar-refractivity contribution in [1.82, 2.24) is 0 Å². The fourth-order valence-corrected chi connectivity index (χ4v) is 3.76. The van der Waals surface area contributed by atoms with Gasteiger partial charge >= 0.3 is 0 Å². The fourth-order valence-electron chi connectivity index (χ4n) is 3.28. The van der Waals surface area contributed by atoms with Crippen molar-refractivity contribution in [2.45, 2.75) is 6.92 Å². The summed E-state index contributed by atoms with van der Waals surface area (Å²) in [5.74, 6) is 1.64. The maximum atomic E-state index is 13.4. The molecule has 0 aliphatic rings. The Balaban J connectivity index is 2.16. The zero-order valence-electron chi connectivity index (χ0n) is 16.5. The van der Waals surface area contributed by atoms with Gasteiger partial charge in [0.2, 0.25) is 0 Å². The van der Waals surface area contributed by atoms with Crippen LogP contribution in [0.1, 0.15) is 15.9 Å². The maximum Gasteiger partial charge on any atom is 0.262 e. The lowest BCUT2D eigenvalue weighted by atomic mass is 10.0. The van der Waals surface area contributed by atoms with Gasteiger partial charge in [-0.2, -0.15) is 0 Å². The molecule has 0 atom stereocenters. The standard InChI is InChI=1S/C22H22BrNO4/c1-13-9-10-16(23)20(21(13)28-5)22(25)24(2)17-8-6-7-14-11-18(26-3)19(27-4)12-15(14)17/h6-12H,1-5H3. The minimum atomic E-state index is -0.172. The van der Waals surface area contributed by atoms with Crippen LogP contribution in [0, 0.1) is 6.92 Å². The minimum absolute atomic E-state index is 0.172. The highest BCUT2D eigenvalue weighted by molar-refractivity contribution is 9.10. The third-order valence-electron chi connectivity index (χ3n) is 4.75. The Morgan fingerprint density at radius 3 is 2.29 bits per heavy atom. The SMILES string of the molecule is COc1cc2cccc(N(C)C(=O)c3c(Br)ccc(C)c3OC)c2cc1OC. The molecule has 0 N–H and O–H groups in total. The molecule has 0 aliphatic heterocycles. The van der Waals surface area contributed by atoms with E-state index in [1.807, 2.05) is 49.4 Å².